The molecule has 0 aromatic carbocycles. The Morgan fingerprint density at radius 1 is 0.969 bits per heavy atom. The van der Waals surface area contributed by atoms with E-state index in [0.717, 1.165) is 46.6 Å². The van der Waals surface area contributed by atoms with Gasteiger partial charge in [0.2, 0.25) is 0 Å². The zero-order chi connectivity index (χ0) is 22.1. The van der Waals surface area contributed by atoms with Crippen LogP contribution in [0, 0.1) is 0 Å². The van der Waals surface area contributed by atoms with Crippen LogP contribution in [-0.2, 0) is 7.05 Å². The third-order valence-corrected chi connectivity index (χ3v) is 5.91. The van der Waals surface area contributed by atoms with Crippen LogP contribution in [0.5, 0.6) is 0 Å². The van der Waals surface area contributed by atoms with Crippen LogP contribution < -0.4 is 10.2 Å². The molecule has 4 aromatic heterocycles. The van der Waals surface area contributed by atoms with E-state index >= 15 is 0 Å². The maximum atomic E-state index is 4.80. The minimum absolute atomic E-state index is 0.385. The summed E-state index contributed by atoms with van der Waals surface area (Å²) < 4.78 is 1.88. The first-order chi connectivity index (χ1) is 15.6. The lowest BCUT2D eigenvalue weighted by molar-refractivity contribution is 0.570. The molecule has 0 bridgehead atoms. The number of nitrogens with one attached hydrogen (secondary N) is 1. The normalized spacial score (nSPS) is 14.3. The van der Waals surface area contributed by atoms with Crippen LogP contribution in [-0.4, -0.2) is 43.0 Å². The maximum absolute atomic E-state index is 4.80. The molecule has 164 valence electrons. The summed E-state index contributed by atoms with van der Waals surface area (Å²) in [6.07, 6.45) is 9.50. The van der Waals surface area contributed by atoms with E-state index in [0.29, 0.717) is 17.6 Å². The number of aryl methyl sites for hydroxylation is 1. The van der Waals surface area contributed by atoms with Crippen molar-refractivity contribution in [2.45, 2.75) is 39.0 Å². The van der Waals surface area contributed by atoms with Crippen molar-refractivity contribution in [2.75, 3.05) is 23.3 Å². The van der Waals surface area contributed by atoms with Crippen molar-refractivity contribution < 1.29 is 0 Å². The highest BCUT2D eigenvalue weighted by Crippen LogP contribution is 2.32. The average molecular weight is 429 g/mol. The molecule has 0 atom stereocenters. The van der Waals surface area contributed by atoms with Gasteiger partial charge in [-0.15, -0.1) is 5.10 Å². The Hall–Kier alpha value is -3.55. The van der Waals surface area contributed by atoms with Crippen LogP contribution in [0.25, 0.3) is 22.2 Å². The summed E-state index contributed by atoms with van der Waals surface area (Å²) in [6, 6.07) is 8.00. The highest BCUT2D eigenvalue weighted by Gasteiger charge is 2.19. The second-order valence-electron chi connectivity index (χ2n) is 8.70. The van der Waals surface area contributed by atoms with E-state index < -0.39 is 0 Å². The van der Waals surface area contributed by atoms with E-state index in [4.69, 9.17) is 10.1 Å². The van der Waals surface area contributed by atoms with Gasteiger partial charge >= 0.3 is 0 Å². The van der Waals surface area contributed by atoms with E-state index in [1.165, 1.54) is 19.3 Å². The molecule has 8 heteroatoms. The van der Waals surface area contributed by atoms with Crippen LogP contribution in [0.4, 0.5) is 17.5 Å². The highest BCUT2D eigenvalue weighted by molar-refractivity contribution is 5.84. The number of aromatic nitrogens is 6. The topological polar surface area (TPSA) is 84.7 Å². The Bertz CT molecular complexity index is 1240. The molecule has 1 N–H and O–H groups in total. The standard InChI is InChI=1S/C24H28N8/c1-16(2)17-12-23(29-26-14-17)28-22-8-7-20-21(27-22)11-18(13-25-20)19-15-31(3)30-24(19)32-9-5-4-6-10-32/h7-8,11-16H,4-6,9-10H2,1-3H3,(H,27,28,29). The number of rotatable bonds is 5. The van der Waals surface area contributed by atoms with E-state index in [1.807, 2.05) is 36.1 Å². The summed E-state index contributed by atoms with van der Waals surface area (Å²) in [6.45, 7) is 6.37. The fourth-order valence-electron chi connectivity index (χ4n) is 4.13. The predicted octanol–water partition coefficient (Wildman–Crippen LogP) is 4.68. The second kappa shape index (κ2) is 8.53. The van der Waals surface area contributed by atoms with E-state index in [1.54, 1.807) is 6.20 Å². The number of fused-ring (bicyclic) bond motifs is 1. The monoisotopic (exact) mass is 428 g/mol. The molecule has 4 aromatic rings. The summed E-state index contributed by atoms with van der Waals surface area (Å²) in [5, 5.41) is 16.3. The number of anilines is 3. The van der Waals surface area contributed by atoms with Gasteiger partial charge in [0.05, 0.1) is 17.2 Å². The minimum atomic E-state index is 0.385. The fourth-order valence-corrected chi connectivity index (χ4v) is 4.13. The van der Waals surface area contributed by atoms with Crippen molar-refractivity contribution in [3.8, 4) is 11.1 Å². The molecule has 5 rings (SSSR count). The van der Waals surface area contributed by atoms with Gasteiger partial charge in [-0.2, -0.15) is 10.2 Å². The van der Waals surface area contributed by atoms with Crippen molar-refractivity contribution in [1.82, 2.24) is 29.9 Å². The second-order valence-corrected chi connectivity index (χ2v) is 8.70. The van der Waals surface area contributed by atoms with Gasteiger partial charge in [0, 0.05) is 43.7 Å². The Kier molecular flexibility index (Phi) is 5.43. The first kappa shape index (κ1) is 20.4. The van der Waals surface area contributed by atoms with Gasteiger partial charge in [0.1, 0.15) is 5.82 Å². The highest BCUT2D eigenvalue weighted by atomic mass is 15.3. The molecule has 0 radical (unpaired) electrons. The van der Waals surface area contributed by atoms with Crippen molar-refractivity contribution in [2.24, 2.45) is 7.05 Å². The van der Waals surface area contributed by atoms with Gasteiger partial charge in [-0.25, -0.2) is 4.98 Å². The van der Waals surface area contributed by atoms with E-state index in [-0.39, 0.29) is 0 Å². The number of hydrogen-bond acceptors (Lipinski definition) is 7. The van der Waals surface area contributed by atoms with E-state index in [2.05, 4.69) is 51.5 Å². The molecule has 32 heavy (non-hydrogen) atoms. The van der Waals surface area contributed by atoms with E-state index in [9.17, 15) is 0 Å². The van der Waals surface area contributed by atoms with Crippen LogP contribution in [0.3, 0.4) is 0 Å². The lowest BCUT2D eigenvalue weighted by Crippen LogP contribution is -2.30. The van der Waals surface area contributed by atoms with Crippen molar-refractivity contribution in [3.05, 3.63) is 48.4 Å². The van der Waals surface area contributed by atoms with Crippen LogP contribution in [0.1, 0.15) is 44.6 Å². The number of pyridine rings is 2. The molecular formula is C24H28N8. The summed E-state index contributed by atoms with van der Waals surface area (Å²) in [5.41, 5.74) is 4.93. The molecule has 1 fully saturated rings. The number of nitrogens with zero attached hydrogens (tertiary/aromatic N) is 7. The van der Waals surface area contributed by atoms with Gasteiger partial charge in [0.25, 0.3) is 0 Å². The molecule has 0 aliphatic carbocycles. The molecule has 1 saturated heterocycles. The fraction of sp³-hybridized carbons (Fsp3) is 0.375. The Labute approximate surface area is 187 Å². The van der Waals surface area contributed by atoms with Crippen molar-refractivity contribution >= 4 is 28.5 Å². The van der Waals surface area contributed by atoms with Crippen molar-refractivity contribution in [3.63, 3.8) is 0 Å². The largest absolute Gasteiger partial charge is 0.355 e. The Morgan fingerprint density at radius 3 is 2.62 bits per heavy atom. The SMILES string of the molecule is CC(C)c1cnnc(Nc2ccc3ncc(-c4cn(C)nc4N4CCCCC4)cc3n2)c1. The minimum Gasteiger partial charge on any atom is -0.355 e. The van der Waals surface area contributed by atoms with Gasteiger partial charge in [-0.1, -0.05) is 13.8 Å². The molecule has 0 saturated carbocycles. The third-order valence-electron chi connectivity index (χ3n) is 5.91. The van der Waals surface area contributed by atoms with Gasteiger partial charge in [-0.05, 0) is 55.0 Å². The average Bonchev–Trinajstić information content (AvgIpc) is 3.21. The lowest BCUT2D eigenvalue weighted by atomic mass is 10.1. The third kappa shape index (κ3) is 4.12. The summed E-state index contributed by atoms with van der Waals surface area (Å²) in [5.74, 6) is 2.82. The zero-order valence-corrected chi connectivity index (χ0v) is 18.8. The molecule has 5 heterocycles. The molecule has 1 aliphatic heterocycles. The summed E-state index contributed by atoms with van der Waals surface area (Å²) in [4.78, 5) is 11.8. The molecule has 8 nitrogen and oxygen atoms in total. The predicted molar refractivity (Wildman–Crippen MR) is 127 cm³/mol. The lowest BCUT2D eigenvalue weighted by Gasteiger charge is -2.27. The van der Waals surface area contributed by atoms with Crippen LogP contribution in [0.2, 0.25) is 0 Å². The molecule has 0 amide bonds. The number of hydrogen-bond donors (Lipinski definition) is 1. The quantitative estimate of drug-likeness (QED) is 0.494. The van der Waals surface area contributed by atoms with Crippen molar-refractivity contribution in [1.29, 1.82) is 0 Å². The molecule has 1 aliphatic rings. The number of piperidine rings is 1. The summed E-state index contributed by atoms with van der Waals surface area (Å²) >= 11 is 0. The first-order valence-corrected chi connectivity index (χ1v) is 11.2. The zero-order valence-electron chi connectivity index (χ0n) is 18.8. The molecule has 0 spiro atoms. The van der Waals surface area contributed by atoms with Gasteiger partial charge in [-0.3, -0.25) is 9.67 Å². The maximum Gasteiger partial charge on any atom is 0.158 e. The van der Waals surface area contributed by atoms with Crippen LogP contribution >= 0.6 is 0 Å². The van der Waals surface area contributed by atoms with Crippen LogP contribution in [0.15, 0.2) is 42.9 Å². The smallest absolute Gasteiger partial charge is 0.158 e. The Morgan fingerprint density at radius 2 is 1.81 bits per heavy atom. The Balaban J connectivity index is 1.47. The molecule has 0 unspecified atom stereocenters. The van der Waals surface area contributed by atoms with Gasteiger partial charge in [0.15, 0.2) is 11.6 Å². The first-order valence-electron chi connectivity index (χ1n) is 11.2. The van der Waals surface area contributed by atoms with Gasteiger partial charge < -0.3 is 10.2 Å². The molecular weight excluding hydrogens is 400 g/mol. The summed E-state index contributed by atoms with van der Waals surface area (Å²) in [7, 11) is 1.97.